The topological polar surface area (TPSA) is 92.8 Å². The van der Waals surface area contributed by atoms with Gasteiger partial charge in [-0.05, 0) is 54.7 Å². The van der Waals surface area contributed by atoms with E-state index in [0.29, 0.717) is 17.1 Å². The van der Waals surface area contributed by atoms with Crippen molar-refractivity contribution in [2.45, 2.75) is 11.3 Å². The maximum absolute atomic E-state index is 12.9. The molecule has 2 bridgehead atoms. The average molecular weight is 424 g/mol. The molecule has 1 saturated heterocycles. The Balaban J connectivity index is 1.40. The van der Waals surface area contributed by atoms with Crippen molar-refractivity contribution in [1.82, 2.24) is 0 Å². The zero-order valence-corrected chi connectivity index (χ0v) is 17.0. The van der Waals surface area contributed by atoms with Crippen molar-refractivity contribution >= 4 is 33.2 Å². The van der Waals surface area contributed by atoms with Crippen molar-refractivity contribution in [3.63, 3.8) is 0 Å². The number of ether oxygens (including phenoxy) is 1. The highest BCUT2D eigenvalue weighted by Crippen LogP contribution is 2.53. The fourth-order valence-corrected chi connectivity index (χ4v) is 5.93. The Hall–Kier alpha value is -3.13. The number of rotatable bonds is 5. The first-order valence-corrected chi connectivity index (χ1v) is 11.2. The molecule has 0 unspecified atom stereocenters. The first kappa shape index (κ1) is 18.9. The number of sulfonamides is 1. The molecule has 30 heavy (non-hydrogen) atoms. The second kappa shape index (κ2) is 6.70. The molecule has 2 aromatic carbocycles. The van der Waals surface area contributed by atoms with Crippen LogP contribution in [-0.2, 0) is 19.6 Å². The Morgan fingerprint density at radius 1 is 0.933 bits per heavy atom. The van der Waals surface area contributed by atoms with Gasteiger partial charge in [0.25, 0.3) is 10.0 Å². The third-order valence-electron chi connectivity index (χ3n) is 6.23. The van der Waals surface area contributed by atoms with Crippen LogP contribution in [0.1, 0.15) is 6.42 Å². The summed E-state index contributed by atoms with van der Waals surface area (Å²) in [5, 5.41) is 0. The van der Waals surface area contributed by atoms with E-state index in [4.69, 9.17) is 4.74 Å². The summed E-state index contributed by atoms with van der Waals surface area (Å²) in [5.74, 6) is -0.293. The van der Waals surface area contributed by atoms with Crippen molar-refractivity contribution in [1.29, 1.82) is 0 Å². The summed E-state index contributed by atoms with van der Waals surface area (Å²) in [6, 6.07) is 12.5. The minimum atomic E-state index is -3.86. The molecule has 8 heteroatoms. The second-order valence-corrected chi connectivity index (χ2v) is 9.49. The van der Waals surface area contributed by atoms with Gasteiger partial charge in [-0.25, -0.2) is 8.42 Å². The number of hydrogen-bond acceptors (Lipinski definition) is 5. The largest absolute Gasteiger partial charge is 0.495 e. The predicted molar refractivity (Wildman–Crippen MR) is 110 cm³/mol. The molecule has 0 radical (unpaired) electrons. The van der Waals surface area contributed by atoms with Crippen LogP contribution in [0.25, 0.3) is 0 Å². The number of benzene rings is 2. The Labute approximate surface area is 174 Å². The normalized spacial score (nSPS) is 26.9. The summed E-state index contributed by atoms with van der Waals surface area (Å²) < 4.78 is 33.2. The fraction of sp³-hybridized carbons (Fsp3) is 0.273. The van der Waals surface area contributed by atoms with Gasteiger partial charge in [0.1, 0.15) is 5.75 Å². The molecular weight excluding hydrogens is 404 g/mol. The smallest absolute Gasteiger partial charge is 0.262 e. The molecule has 154 valence electrons. The number of amides is 2. The van der Waals surface area contributed by atoms with E-state index in [-0.39, 0.29) is 40.4 Å². The molecule has 5 rings (SSSR count). The molecule has 2 aliphatic carbocycles. The van der Waals surface area contributed by atoms with Gasteiger partial charge >= 0.3 is 0 Å². The lowest BCUT2D eigenvalue weighted by atomic mass is 9.85. The van der Waals surface area contributed by atoms with Gasteiger partial charge in [-0.2, -0.15) is 0 Å². The highest BCUT2D eigenvalue weighted by atomic mass is 32.2. The summed E-state index contributed by atoms with van der Waals surface area (Å²) in [7, 11) is -2.40. The van der Waals surface area contributed by atoms with Crippen LogP contribution in [0, 0.1) is 23.7 Å². The van der Waals surface area contributed by atoms with Crippen molar-refractivity contribution in [3.8, 4) is 5.75 Å². The summed E-state index contributed by atoms with van der Waals surface area (Å²) >= 11 is 0. The van der Waals surface area contributed by atoms with Crippen LogP contribution < -0.4 is 14.4 Å². The van der Waals surface area contributed by atoms with Gasteiger partial charge in [0.15, 0.2) is 0 Å². The van der Waals surface area contributed by atoms with Crippen molar-refractivity contribution < 1.29 is 22.7 Å². The van der Waals surface area contributed by atoms with Crippen LogP contribution in [0.2, 0.25) is 0 Å². The quantitative estimate of drug-likeness (QED) is 0.589. The molecule has 2 fully saturated rings. The van der Waals surface area contributed by atoms with Gasteiger partial charge in [0, 0.05) is 0 Å². The molecule has 1 saturated carbocycles. The molecule has 0 spiro atoms. The molecule has 4 atom stereocenters. The van der Waals surface area contributed by atoms with E-state index in [1.807, 2.05) is 12.2 Å². The molecule has 1 heterocycles. The van der Waals surface area contributed by atoms with Crippen molar-refractivity contribution in [3.05, 3.63) is 60.7 Å². The highest BCUT2D eigenvalue weighted by molar-refractivity contribution is 7.92. The number of para-hydroxylation sites is 2. The number of carbonyl (C=O) groups excluding carboxylic acids is 2. The standard InChI is InChI=1S/C22H20N2O5S/c1-29-18-5-3-2-4-17(18)23-30(27,28)16-10-8-15(9-11-16)24-21(25)19-13-6-7-14(12-13)20(19)22(24)26/h2-11,13-14,19-20,23H,12H2,1H3/t13-,14+,19-,20+. The number of allylic oxidation sites excluding steroid dienone is 2. The molecule has 2 aromatic rings. The number of nitrogens with one attached hydrogen (secondary N) is 1. The van der Waals surface area contributed by atoms with Gasteiger partial charge in [0.05, 0.1) is 35.2 Å². The number of carbonyl (C=O) groups is 2. The minimum absolute atomic E-state index is 0.0261. The molecule has 1 N–H and O–H groups in total. The van der Waals surface area contributed by atoms with E-state index in [0.717, 1.165) is 6.42 Å². The van der Waals surface area contributed by atoms with E-state index in [9.17, 15) is 18.0 Å². The first-order chi connectivity index (χ1) is 14.4. The summed E-state index contributed by atoms with van der Waals surface area (Å²) in [6.45, 7) is 0. The predicted octanol–water partition coefficient (Wildman–Crippen LogP) is 2.81. The van der Waals surface area contributed by atoms with Crippen LogP contribution >= 0.6 is 0 Å². The van der Waals surface area contributed by atoms with Gasteiger partial charge in [-0.15, -0.1) is 0 Å². The number of anilines is 2. The fourth-order valence-electron chi connectivity index (χ4n) is 4.86. The van der Waals surface area contributed by atoms with Crippen molar-refractivity contribution in [2.24, 2.45) is 23.7 Å². The SMILES string of the molecule is COc1ccccc1NS(=O)(=O)c1ccc(N2C(=O)[C@@H]3[C@H](C2=O)[C@@H]2C=C[C@H]3C2)cc1. The van der Waals surface area contributed by atoms with E-state index >= 15 is 0 Å². The highest BCUT2D eigenvalue weighted by Gasteiger charge is 2.59. The Kier molecular flexibility index (Phi) is 4.21. The lowest BCUT2D eigenvalue weighted by Crippen LogP contribution is -2.32. The third-order valence-corrected chi connectivity index (χ3v) is 7.61. The van der Waals surface area contributed by atoms with Crippen LogP contribution in [-0.4, -0.2) is 27.3 Å². The Morgan fingerprint density at radius 2 is 1.53 bits per heavy atom. The van der Waals surface area contributed by atoms with E-state index in [2.05, 4.69) is 4.72 Å². The maximum atomic E-state index is 12.9. The number of methoxy groups -OCH3 is 1. The monoisotopic (exact) mass is 424 g/mol. The van der Waals surface area contributed by atoms with Gasteiger partial charge in [-0.1, -0.05) is 24.3 Å². The zero-order chi connectivity index (χ0) is 21.0. The third kappa shape index (κ3) is 2.74. The molecule has 1 aliphatic heterocycles. The van der Waals surface area contributed by atoms with Gasteiger partial charge in [0.2, 0.25) is 11.8 Å². The Bertz CT molecular complexity index is 1140. The Morgan fingerprint density at radius 3 is 2.13 bits per heavy atom. The lowest BCUT2D eigenvalue weighted by molar-refractivity contribution is -0.123. The number of hydrogen-bond donors (Lipinski definition) is 1. The average Bonchev–Trinajstić information content (AvgIpc) is 3.42. The molecule has 0 aromatic heterocycles. The number of imide groups is 1. The van der Waals surface area contributed by atoms with E-state index in [1.54, 1.807) is 24.3 Å². The lowest BCUT2D eigenvalue weighted by Gasteiger charge is -2.18. The van der Waals surface area contributed by atoms with Crippen LogP contribution in [0.3, 0.4) is 0 Å². The van der Waals surface area contributed by atoms with Crippen LogP contribution in [0.15, 0.2) is 65.6 Å². The minimum Gasteiger partial charge on any atom is -0.495 e. The second-order valence-electron chi connectivity index (χ2n) is 7.81. The maximum Gasteiger partial charge on any atom is 0.262 e. The van der Waals surface area contributed by atoms with Crippen LogP contribution in [0.5, 0.6) is 5.75 Å². The summed E-state index contributed by atoms with van der Waals surface area (Å²) in [5.41, 5.74) is 0.722. The first-order valence-electron chi connectivity index (χ1n) is 9.73. The van der Waals surface area contributed by atoms with Gasteiger partial charge in [-0.3, -0.25) is 19.2 Å². The zero-order valence-electron chi connectivity index (χ0n) is 16.2. The molecule has 7 nitrogen and oxygen atoms in total. The number of fused-ring (bicyclic) bond motifs is 5. The molecule has 2 amide bonds. The van der Waals surface area contributed by atoms with E-state index < -0.39 is 10.0 Å². The molecule has 3 aliphatic rings. The number of nitrogens with zero attached hydrogens (tertiary/aromatic N) is 1. The van der Waals surface area contributed by atoms with Crippen molar-refractivity contribution in [2.75, 3.05) is 16.7 Å². The van der Waals surface area contributed by atoms with Gasteiger partial charge < -0.3 is 4.74 Å². The summed E-state index contributed by atoms with van der Waals surface area (Å²) in [6.07, 6.45) is 4.95. The van der Waals surface area contributed by atoms with E-state index in [1.165, 1.54) is 36.3 Å². The summed E-state index contributed by atoms with van der Waals surface area (Å²) in [4.78, 5) is 27.1. The van der Waals surface area contributed by atoms with Crippen LogP contribution in [0.4, 0.5) is 11.4 Å². The molecular formula is C22H20N2O5S.